The number of nitrogens with two attached hydrogens (primary N) is 1. The molecule has 3 heterocycles. The summed E-state index contributed by atoms with van der Waals surface area (Å²) in [5.74, 6) is 0.699. The lowest BCUT2D eigenvalue weighted by atomic mass is 9.99. The standard InChI is InChI=1S/C29H35N5O3.C2H6/c1-5-7-22(27(6-2)37-4)25-19-32-28-23(25)17-21(18-31-28)20-8-9-26(30)24(16-20)29(35)34-12-10-33(11-13-34)14-15-36-3;1-2/h5-9,16-19H,1,10-15,30H2,2-4H3,(H,31,32);1-2H3/b22-7-,27-6+;. The van der Waals surface area contributed by atoms with Crippen molar-refractivity contribution in [1.82, 2.24) is 19.8 Å². The molecule has 4 rings (SSSR count). The second-order valence-corrected chi connectivity index (χ2v) is 8.92. The molecule has 1 aromatic carbocycles. The Morgan fingerprint density at radius 2 is 1.87 bits per heavy atom. The number of hydrogen-bond acceptors (Lipinski definition) is 6. The fraction of sp³-hybridized carbons (Fsp3) is 0.355. The number of piperazine rings is 1. The van der Waals surface area contributed by atoms with Crippen LogP contribution < -0.4 is 5.73 Å². The predicted molar refractivity (Wildman–Crippen MR) is 160 cm³/mol. The molecule has 0 spiro atoms. The zero-order valence-corrected chi connectivity index (χ0v) is 23.8. The van der Waals surface area contributed by atoms with Crippen LogP contribution in [0.5, 0.6) is 0 Å². The number of hydrogen-bond donors (Lipinski definition) is 2. The van der Waals surface area contributed by atoms with Crippen molar-refractivity contribution in [2.45, 2.75) is 20.8 Å². The first-order valence-corrected chi connectivity index (χ1v) is 13.4. The van der Waals surface area contributed by atoms with Gasteiger partial charge in [0.1, 0.15) is 11.4 Å². The average Bonchev–Trinajstić information content (AvgIpc) is 3.40. The molecule has 3 aromatic rings. The summed E-state index contributed by atoms with van der Waals surface area (Å²) in [4.78, 5) is 25.5. The summed E-state index contributed by atoms with van der Waals surface area (Å²) in [5.41, 5.74) is 11.7. The maximum absolute atomic E-state index is 13.4. The highest BCUT2D eigenvalue weighted by Crippen LogP contribution is 2.33. The smallest absolute Gasteiger partial charge is 0.256 e. The molecule has 208 valence electrons. The van der Waals surface area contributed by atoms with Crippen molar-refractivity contribution < 1.29 is 14.3 Å². The first kappa shape index (κ1) is 29.7. The van der Waals surface area contributed by atoms with Crippen molar-refractivity contribution >= 4 is 28.2 Å². The van der Waals surface area contributed by atoms with Gasteiger partial charge in [-0.15, -0.1) is 0 Å². The fourth-order valence-electron chi connectivity index (χ4n) is 4.68. The predicted octanol–water partition coefficient (Wildman–Crippen LogP) is 5.36. The van der Waals surface area contributed by atoms with Gasteiger partial charge in [-0.05, 0) is 36.8 Å². The van der Waals surface area contributed by atoms with E-state index in [0.29, 0.717) is 30.9 Å². The molecule has 8 nitrogen and oxygen atoms in total. The highest BCUT2D eigenvalue weighted by atomic mass is 16.5. The maximum atomic E-state index is 13.4. The molecule has 1 aliphatic rings. The number of rotatable bonds is 9. The largest absolute Gasteiger partial charge is 0.496 e. The fourth-order valence-corrected chi connectivity index (χ4v) is 4.68. The first-order valence-electron chi connectivity index (χ1n) is 13.4. The van der Waals surface area contributed by atoms with Crippen LogP contribution in [-0.2, 0) is 9.47 Å². The lowest BCUT2D eigenvalue weighted by Crippen LogP contribution is -2.49. The van der Waals surface area contributed by atoms with Crippen LogP contribution in [0.4, 0.5) is 5.69 Å². The Balaban J connectivity index is 0.00000205. The summed E-state index contributed by atoms with van der Waals surface area (Å²) in [5, 5.41) is 0.943. The van der Waals surface area contributed by atoms with E-state index < -0.39 is 0 Å². The third kappa shape index (κ3) is 6.77. The molecule has 1 aliphatic heterocycles. The van der Waals surface area contributed by atoms with Crippen LogP contribution in [0.25, 0.3) is 27.7 Å². The molecule has 39 heavy (non-hydrogen) atoms. The molecule has 0 radical (unpaired) electrons. The van der Waals surface area contributed by atoms with E-state index >= 15 is 0 Å². The quantitative estimate of drug-likeness (QED) is 0.219. The van der Waals surface area contributed by atoms with Gasteiger partial charge in [0.25, 0.3) is 5.91 Å². The van der Waals surface area contributed by atoms with Crippen LogP contribution in [0.1, 0.15) is 36.7 Å². The van der Waals surface area contributed by atoms with E-state index in [1.807, 2.05) is 56.2 Å². The van der Waals surface area contributed by atoms with Crippen molar-refractivity contribution in [2.75, 3.05) is 59.3 Å². The number of nitrogen functional groups attached to an aromatic ring is 1. The van der Waals surface area contributed by atoms with Gasteiger partial charge in [-0.25, -0.2) is 4.98 Å². The molecule has 1 fully saturated rings. The number of H-pyrrole nitrogens is 1. The van der Waals surface area contributed by atoms with E-state index in [1.54, 1.807) is 32.6 Å². The Bertz CT molecular complexity index is 1330. The van der Waals surface area contributed by atoms with Crippen LogP contribution in [0, 0.1) is 0 Å². The monoisotopic (exact) mass is 531 g/mol. The van der Waals surface area contributed by atoms with Crippen LogP contribution in [-0.4, -0.2) is 79.2 Å². The molecule has 0 unspecified atom stereocenters. The average molecular weight is 532 g/mol. The van der Waals surface area contributed by atoms with E-state index in [1.165, 1.54) is 0 Å². The normalized spacial score (nSPS) is 14.6. The second kappa shape index (κ2) is 14.3. The molecule has 3 N–H and O–H groups in total. The summed E-state index contributed by atoms with van der Waals surface area (Å²) in [6.45, 7) is 14.3. The van der Waals surface area contributed by atoms with E-state index in [9.17, 15) is 4.79 Å². The number of ether oxygens (including phenoxy) is 2. The summed E-state index contributed by atoms with van der Waals surface area (Å²) < 4.78 is 10.8. The van der Waals surface area contributed by atoms with Crippen molar-refractivity contribution in [2.24, 2.45) is 0 Å². The number of anilines is 1. The Labute approximate surface area is 231 Å². The zero-order chi connectivity index (χ0) is 28.4. The van der Waals surface area contributed by atoms with Crippen LogP contribution >= 0.6 is 0 Å². The van der Waals surface area contributed by atoms with Gasteiger partial charge in [-0.1, -0.05) is 38.6 Å². The zero-order valence-electron chi connectivity index (χ0n) is 23.8. The number of pyridine rings is 1. The molecule has 8 heteroatoms. The topological polar surface area (TPSA) is 96.7 Å². The molecule has 0 bridgehead atoms. The lowest BCUT2D eigenvalue weighted by Gasteiger charge is -2.34. The van der Waals surface area contributed by atoms with Gasteiger partial charge in [0.15, 0.2) is 0 Å². The maximum Gasteiger partial charge on any atom is 0.256 e. The summed E-state index contributed by atoms with van der Waals surface area (Å²) >= 11 is 0. The number of nitrogens with one attached hydrogen (secondary N) is 1. The van der Waals surface area contributed by atoms with E-state index in [2.05, 4.69) is 27.5 Å². The Morgan fingerprint density at radius 3 is 2.51 bits per heavy atom. The molecule has 0 saturated carbocycles. The Morgan fingerprint density at radius 1 is 1.13 bits per heavy atom. The van der Waals surface area contributed by atoms with Crippen LogP contribution in [0.2, 0.25) is 0 Å². The Kier molecular flexibility index (Phi) is 10.9. The summed E-state index contributed by atoms with van der Waals surface area (Å²) in [7, 11) is 3.35. The van der Waals surface area contributed by atoms with Gasteiger partial charge < -0.3 is 25.1 Å². The summed E-state index contributed by atoms with van der Waals surface area (Å²) in [6, 6.07) is 7.67. The molecular formula is C31H41N5O3. The number of aromatic amines is 1. The first-order chi connectivity index (χ1) is 19.0. The molecule has 1 saturated heterocycles. The van der Waals surface area contributed by atoms with Crippen molar-refractivity contribution in [1.29, 1.82) is 0 Å². The third-order valence-electron chi connectivity index (χ3n) is 6.74. The Hall–Kier alpha value is -3.88. The number of fused-ring (bicyclic) bond motifs is 1. The van der Waals surface area contributed by atoms with Gasteiger partial charge in [0.2, 0.25) is 0 Å². The summed E-state index contributed by atoms with van der Waals surface area (Å²) in [6.07, 6.45) is 9.30. The number of amides is 1. The van der Waals surface area contributed by atoms with Gasteiger partial charge in [0, 0.05) is 80.0 Å². The van der Waals surface area contributed by atoms with Crippen molar-refractivity contribution in [3.63, 3.8) is 0 Å². The van der Waals surface area contributed by atoms with E-state index in [4.69, 9.17) is 15.2 Å². The SMILES string of the molecule is C=C/C=C(\C(=C/C)OC)c1c[nH]c2ncc(-c3ccc(N)c(C(=O)N4CCN(CCOC)CC4)c3)cc12.CC. The number of aromatic nitrogens is 2. The third-order valence-corrected chi connectivity index (χ3v) is 6.74. The minimum Gasteiger partial charge on any atom is -0.496 e. The highest BCUT2D eigenvalue weighted by molar-refractivity contribution is 6.01. The van der Waals surface area contributed by atoms with Gasteiger partial charge in [0.05, 0.1) is 19.3 Å². The highest BCUT2D eigenvalue weighted by Gasteiger charge is 2.24. The van der Waals surface area contributed by atoms with Gasteiger partial charge >= 0.3 is 0 Å². The molecular weight excluding hydrogens is 490 g/mol. The number of nitrogens with zero attached hydrogens (tertiary/aromatic N) is 3. The molecule has 0 aliphatic carbocycles. The number of methoxy groups -OCH3 is 2. The van der Waals surface area contributed by atoms with Gasteiger partial charge in [-0.3, -0.25) is 9.69 Å². The van der Waals surface area contributed by atoms with Crippen LogP contribution in [0.15, 0.2) is 67.2 Å². The van der Waals surface area contributed by atoms with E-state index in [-0.39, 0.29) is 5.91 Å². The number of carbonyl (C=O) groups excluding carboxylic acids is 1. The molecule has 1 amide bonds. The number of allylic oxidation sites excluding steroid dienone is 4. The minimum atomic E-state index is -0.0452. The van der Waals surface area contributed by atoms with Crippen molar-refractivity contribution in [3.05, 3.63) is 78.4 Å². The number of benzene rings is 1. The van der Waals surface area contributed by atoms with Gasteiger partial charge in [-0.2, -0.15) is 0 Å². The van der Waals surface area contributed by atoms with Crippen LogP contribution in [0.3, 0.4) is 0 Å². The van der Waals surface area contributed by atoms with E-state index in [0.717, 1.165) is 58.7 Å². The minimum absolute atomic E-state index is 0.0452. The lowest BCUT2D eigenvalue weighted by molar-refractivity contribution is 0.0595. The molecule has 2 aromatic heterocycles. The van der Waals surface area contributed by atoms with Crippen molar-refractivity contribution in [3.8, 4) is 11.1 Å². The molecule has 0 atom stereocenters. The number of carbonyl (C=O) groups is 1. The second-order valence-electron chi connectivity index (χ2n) is 8.92.